The molecule has 0 radical (unpaired) electrons. The first-order valence-electron chi connectivity index (χ1n) is 8.27. The molecule has 0 saturated heterocycles. The van der Waals surface area contributed by atoms with Crippen LogP contribution in [0.2, 0.25) is 0 Å². The zero-order valence-electron chi connectivity index (χ0n) is 13.8. The number of nitrogens with zero attached hydrogens (tertiary/aromatic N) is 2. The van der Waals surface area contributed by atoms with E-state index in [1.54, 1.807) is 0 Å². The largest absolute Gasteiger partial charge is 0.366 e. The fourth-order valence-corrected chi connectivity index (χ4v) is 2.21. The van der Waals surface area contributed by atoms with Crippen LogP contribution in [0.25, 0.3) is 0 Å². The fourth-order valence-electron chi connectivity index (χ4n) is 2.21. The van der Waals surface area contributed by atoms with Crippen molar-refractivity contribution in [2.45, 2.75) is 0 Å². The molecule has 0 aromatic rings. The van der Waals surface area contributed by atoms with Gasteiger partial charge in [-0.2, -0.15) is 0 Å². The Hall–Kier alpha value is -2.20. The summed E-state index contributed by atoms with van der Waals surface area (Å²) in [7, 11) is 0. The number of hydrogen-bond donors (Lipinski definition) is 6. The molecule has 10 heteroatoms. The second-order valence-corrected chi connectivity index (χ2v) is 5.38. The molecule has 134 valence electrons. The topological polar surface area (TPSA) is 131 Å². The van der Waals surface area contributed by atoms with Gasteiger partial charge in [-0.25, -0.2) is 0 Å². The van der Waals surface area contributed by atoms with E-state index in [1.165, 1.54) is 0 Å². The summed E-state index contributed by atoms with van der Waals surface area (Å²) in [6, 6.07) is 0. The number of carbonyl (C=O) groups excluding carboxylic acids is 2. The van der Waals surface area contributed by atoms with Crippen LogP contribution in [0.3, 0.4) is 0 Å². The Morgan fingerprint density at radius 2 is 0.917 bits per heavy atom. The van der Waals surface area contributed by atoms with Crippen LogP contribution >= 0.6 is 0 Å². The molecular weight excluding hydrogens is 312 g/mol. The van der Waals surface area contributed by atoms with Crippen LogP contribution in [-0.4, -0.2) is 88.9 Å². The van der Waals surface area contributed by atoms with Crippen molar-refractivity contribution in [2.75, 3.05) is 65.4 Å². The maximum atomic E-state index is 11.8. The van der Waals surface area contributed by atoms with E-state index in [2.05, 4.69) is 41.9 Å². The lowest BCUT2D eigenvalue weighted by Crippen LogP contribution is -2.47. The lowest BCUT2D eigenvalue weighted by Gasteiger charge is -2.17. The number of rotatable bonds is 0. The molecule has 0 unspecified atom stereocenters. The van der Waals surface area contributed by atoms with Crippen molar-refractivity contribution in [3.63, 3.8) is 0 Å². The van der Waals surface area contributed by atoms with Crippen LogP contribution in [0.4, 0.5) is 0 Å². The van der Waals surface area contributed by atoms with Crippen molar-refractivity contribution in [2.24, 2.45) is 9.98 Å². The van der Waals surface area contributed by atoms with Crippen molar-refractivity contribution >= 4 is 23.5 Å². The monoisotopic (exact) mass is 338 g/mol. The number of nitrogens with one attached hydrogen (secondary N) is 6. The Labute approximate surface area is 141 Å². The quantitative estimate of drug-likeness (QED) is 0.271. The van der Waals surface area contributed by atoms with Gasteiger partial charge in [0.05, 0.1) is 0 Å². The van der Waals surface area contributed by atoms with E-state index < -0.39 is 0 Å². The van der Waals surface area contributed by atoms with Gasteiger partial charge in [0.15, 0.2) is 11.7 Å². The first-order chi connectivity index (χ1) is 11.8. The molecule has 0 saturated carbocycles. The highest BCUT2D eigenvalue weighted by Crippen LogP contribution is 1.86. The summed E-state index contributed by atoms with van der Waals surface area (Å²) in [4.78, 5) is 32.3. The smallest absolute Gasteiger partial charge is 0.241 e. The molecule has 10 nitrogen and oxygen atoms in total. The lowest BCUT2D eigenvalue weighted by molar-refractivity contribution is -0.120. The van der Waals surface area contributed by atoms with E-state index in [1.807, 2.05) is 0 Å². The highest BCUT2D eigenvalue weighted by Gasteiger charge is 2.12. The van der Waals surface area contributed by atoms with E-state index in [0.717, 1.165) is 13.1 Å². The van der Waals surface area contributed by atoms with Crippen LogP contribution in [0.1, 0.15) is 0 Å². The highest BCUT2D eigenvalue weighted by molar-refractivity contribution is 6.40. The van der Waals surface area contributed by atoms with Gasteiger partial charge in [-0.05, 0) is 0 Å². The molecule has 2 amide bonds. The predicted octanol–water partition coefficient (Wildman–Crippen LogP) is -3.60. The van der Waals surface area contributed by atoms with Crippen LogP contribution in [0.15, 0.2) is 9.98 Å². The number of aliphatic imine (C=N–C) groups is 2. The molecule has 0 bridgehead atoms. The van der Waals surface area contributed by atoms with Gasteiger partial charge < -0.3 is 31.9 Å². The average molecular weight is 338 g/mol. The second kappa shape index (κ2) is 10.6. The molecule has 0 aromatic heterocycles. The first kappa shape index (κ1) is 18.1. The summed E-state index contributed by atoms with van der Waals surface area (Å²) in [5.41, 5.74) is 0. The van der Waals surface area contributed by atoms with Crippen molar-refractivity contribution in [1.29, 1.82) is 0 Å². The summed E-state index contributed by atoms with van der Waals surface area (Å²) in [6.45, 7) is 5.30. The Morgan fingerprint density at radius 3 is 1.33 bits per heavy atom. The SMILES string of the molecule is O=C1CN=C2NCCNCCNC(=O)CN=C2NCCNCCN1. The molecule has 2 aliphatic rings. The van der Waals surface area contributed by atoms with Gasteiger partial charge in [-0.1, -0.05) is 0 Å². The lowest BCUT2D eigenvalue weighted by atomic mass is 10.4. The molecule has 24 heavy (non-hydrogen) atoms. The Kier molecular flexibility index (Phi) is 7.98. The fraction of sp³-hybridized carbons (Fsp3) is 0.714. The van der Waals surface area contributed by atoms with Crippen molar-refractivity contribution in [3.05, 3.63) is 0 Å². The summed E-state index contributed by atoms with van der Waals surface area (Å²) in [6.07, 6.45) is 0. The summed E-state index contributed by atoms with van der Waals surface area (Å²) >= 11 is 0. The normalized spacial score (nSPS) is 22.2. The van der Waals surface area contributed by atoms with Crippen LogP contribution in [0, 0.1) is 0 Å². The number of hydrogen-bond acceptors (Lipinski definition) is 8. The Morgan fingerprint density at radius 1 is 0.542 bits per heavy atom. The molecule has 2 heterocycles. The van der Waals surface area contributed by atoms with Gasteiger partial charge in [0, 0.05) is 52.4 Å². The molecule has 0 spiro atoms. The number of amidine groups is 2. The molecule has 0 atom stereocenters. The summed E-state index contributed by atoms with van der Waals surface area (Å²) in [5, 5.41) is 18.4. The molecule has 6 N–H and O–H groups in total. The van der Waals surface area contributed by atoms with Gasteiger partial charge in [0.1, 0.15) is 13.1 Å². The first-order valence-corrected chi connectivity index (χ1v) is 8.27. The van der Waals surface area contributed by atoms with Gasteiger partial charge in [-0.3, -0.25) is 19.6 Å². The predicted molar refractivity (Wildman–Crippen MR) is 92.4 cm³/mol. The van der Waals surface area contributed by atoms with E-state index in [9.17, 15) is 9.59 Å². The number of amides is 2. The molecule has 2 rings (SSSR count). The van der Waals surface area contributed by atoms with Gasteiger partial charge in [0.2, 0.25) is 11.8 Å². The van der Waals surface area contributed by atoms with Crippen molar-refractivity contribution in [3.8, 4) is 0 Å². The minimum absolute atomic E-state index is 0.0165. The van der Waals surface area contributed by atoms with E-state index >= 15 is 0 Å². The molecule has 2 aliphatic heterocycles. The maximum Gasteiger partial charge on any atom is 0.241 e. The average Bonchev–Trinajstić information content (AvgIpc) is 2.56. The third kappa shape index (κ3) is 6.92. The minimum atomic E-state index is -0.145. The van der Waals surface area contributed by atoms with Gasteiger partial charge in [-0.15, -0.1) is 0 Å². The zero-order chi connectivity index (χ0) is 17.0. The number of carbonyl (C=O) groups is 2. The third-order valence-electron chi connectivity index (χ3n) is 3.42. The standard InChI is InChI=1S/C14H26N8O2/c23-11-9-21-14-13(19-7-3-15-1-5-17-11)22-10-12(24)18-6-2-16-4-8-20-14/h15-16H,1-10H2,(H,17,23)(H,18,24)(H,19,22)(H,20,21). The van der Waals surface area contributed by atoms with E-state index in [-0.39, 0.29) is 24.9 Å². The van der Waals surface area contributed by atoms with E-state index in [0.29, 0.717) is 50.9 Å². The molecule has 0 aliphatic carbocycles. The summed E-state index contributed by atoms with van der Waals surface area (Å²) in [5.74, 6) is 0.711. The maximum absolute atomic E-state index is 11.8. The summed E-state index contributed by atoms with van der Waals surface area (Å²) < 4.78 is 0. The van der Waals surface area contributed by atoms with Crippen LogP contribution in [0.5, 0.6) is 0 Å². The minimum Gasteiger partial charge on any atom is -0.366 e. The van der Waals surface area contributed by atoms with Gasteiger partial charge >= 0.3 is 0 Å². The Bertz CT molecular complexity index is 447. The zero-order valence-corrected chi connectivity index (χ0v) is 13.8. The van der Waals surface area contributed by atoms with E-state index in [4.69, 9.17) is 0 Å². The van der Waals surface area contributed by atoms with Crippen LogP contribution in [-0.2, 0) is 9.59 Å². The van der Waals surface area contributed by atoms with Crippen molar-refractivity contribution in [1.82, 2.24) is 31.9 Å². The van der Waals surface area contributed by atoms with Gasteiger partial charge in [0.25, 0.3) is 0 Å². The Balaban J connectivity index is 2.15. The van der Waals surface area contributed by atoms with Crippen molar-refractivity contribution < 1.29 is 9.59 Å². The number of fused-ring (bicyclic) bond motifs is 1. The molecule has 0 aromatic carbocycles. The second-order valence-electron chi connectivity index (χ2n) is 5.38. The third-order valence-corrected chi connectivity index (χ3v) is 3.42. The molecule has 0 fully saturated rings. The highest BCUT2D eigenvalue weighted by atomic mass is 16.2. The van der Waals surface area contributed by atoms with Crippen LogP contribution < -0.4 is 31.9 Å². The molecular formula is C14H26N8O2.